The van der Waals surface area contributed by atoms with Gasteiger partial charge in [-0.05, 0) is 29.3 Å². The highest BCUT2D eigenvalue weighted by molar-refractivity contribution is 7.84. The third-order valence-electron chi connectivity index (χ3n) is 2.84. The maximum absolute atomic E-state index is 12.4. The summed E-state index contributed by atoms with van der Waals surface area (Å²) in [5.74, 6) is -0.717. The van der Waals surface area contributed by atoms with Gasteiger partial charge in [-0.2, -0.15) is 0 Å². The van der Waals surface area contributed by atoms with Gasteiger partial charge in [-0.25, -0.2) is 4.79 Å². The molecular formula is C16H12Cl2O3S. The van der Waals surface area contributed by atoms with Crippen molar-refractivity contribution in [3.05, 3.63) is 69.7 Å². The molecule has 0 aliphatic rings. The monoisotopic (exact) mass is 354 g/mol. The van der Waals surface area contributed by atoms with Crippen LogP contribution in [0.1, 0.15) is 11.1 Å². The van der Waals surface area contributed by atoms with E-state index in [0.29, 0.717) is 14.9 Å². The zero-order valence-electron chi connectivity index (χ0n) is 11.3. The quantitative estimate of drug-likeness (QED) is 0.809. The fraction of sp³-hybridized carbons (Fsp3) is 0.0625. The van der Waals surface area contributed by atoms with E-state index < -0.39 is 16.8 Å². The van der Waals surface area contributed by atoms with Crippen LogP contribution in [0, 0.1) is 0 Å². The third kappa shape index (κ3) is 4.44. The van der Waals surface area contributed by atoms with Gasteiger partial charge in [0.1, 0.15) is 0 Å². The van der Waals surface area contributed by atoms with Crippen molar-refractivity contribution >= 4 is 46.0 Å². The van der Waals surface area contributed by atoms with E-state index in [1.165, 1.54) is 6.08 Å². The second-order valence-corrected chi connectivity index (χ2v) is 6.66. The molecule has 0 aromatic heterocycles. The standard InChI is InChI=1S/C16H12Cl2O3S/c17-13-2-1-3-14(18)16(13)22(21)10-12-6-4-11(5-7-12)8-9-15(19)20/h1-9H,10H2,(H,19,20)/b9-8+. The Morgan fingerprint density at radius 2 is 1.68 bits per heavy atom. The normalized spacial score (nSPS) is 12.5. The number of carboxylic acid groups (broad SMARTS) is 1. The van der Waals surface area contributed by atoms with Gasteiger partial charge in [0, 0.05) is 6.08 Å². The summed E-state index contributed by atoms with van der Waals surface area (Å²) in [5.41, 5.74) is 1.61. The van der Waals surface area contributed by atoms with Crippen molar-refractivity contribution in [3.63, 3.8) is 0 Å². The first-order valence-corrected chi connectivity index (χ1v) is 8.37. The van der Waals surface area contributed by atoms with Crippen LogP contribution >= 0.6 is 23.2 Å². The van der Waals surface area contributed by atoms with Crippen LogP contribution in [0.2, 0.25) is 10.0 Å². The van der Waals surface area contributed by atoms with Crippen molar-refractivity contribution in [2.75, 3.05) is 0 Å². The van der Waals surface area contributed by atoms with E-state index in [1.807, 2.05) is 0 Å². The molecule has 0 bridgehead atoms. The number of hydrogen-bond acceptors (Lipinski definition) is 2. The van der Waals surface area contributed by atoms with E-state index in [0.717, 1.165) is 17.2 Å². The number of halogens is 2. The smallest absolute Gasteiger partial charge is 0.328 e. The summed E-state index contributed by atoms with van der Waals surface area (Å²) >= 11 is 12.1. The number of hydrogen-bond donors (Lipinski definition) is 1. The fourth-order valence-corrected chi connectivity index (χ4v) is 3.94. The van der Waals surface area contributed by atoms with Gasteiger partial charge in [-0.15, -0.1) is 0 Å². The highest BCUT2D eigenvalue weighted by Crippen LogP contribution is 2.29. The molecule has 6 heteroatoms. The molecule has 3 nitrogen and oxygen atoms in total. The Hall–Kier alpha value is -1.62. The fourth-order valence-electron chi connectivity index (χ4n) is 1.82. The van der Waals surface area contributed by atoms with Crippen molar-refractivity contribution in [3.8, 4) is 0 Å². The molecule has 0 radical (unpaired) electrons. The Morgan fingerprint density at radius 3 is 2.23 bits per heavy atom. The molecule has 1 unspecified atom stereocenters. The second-order valence-electron chi connectivity index (χ2n) is 4.45. The Kier molecular flexibility index (Phi) is 5.77. The predicted molar refractivity (Wildman–Crippen MR) is 89.7 cm³/mol. The zero-order valence-corrected chi connectivity index (χ0v) is 13.7. The average Bonchev–Trinajstić information content (AvgIpc) is 2.46. The topological polar surface area (TPSA) is 54.4 Å². The molecule has 114 valence electrons. The van der Waals surface area contributed by atoms with Crippen molar-refractivity contribution < 1.29 is 14.1 Å². The summed E-state index contributed by atoms with van der Waals surface area (Å²) in [6.45, 7) is 0. The molecule has 0 heterocycles. The molecule has 0 amide bonds. The largest absolute Gasteiger partial charge is 0.478 e. The lowest BCUT2D eigenvalue weighted by molar-refractivity contribution is -0.131. The van der Waals surface area contributed by atoms with Gasteiger partial charge >= 0.3 is 5.97 Å². The first kappa shape index (κ1) is 16.7. The van der Waals surface area contributed by atoms with Gasteiger partial charge in [-0.1, -0.05) is 53.5 Å². The van der Waals surface area contributed by atoms with Crippen LogP contribution in [0.25, 0.3) is 6.08 Å². The number of rotatable bonds is 5. The number of benzene rings is 2. The molecule has 0 spiro atoms. The highest BCUT2D eigenvalue weighted by Gasteiger charge is 2.13. The summed E-state index contributed by atoms with van der Waals surface area (Å²) in [6.07, 6.45) is 2.56. The number of aliphatic carboxylic acids is 1. The van der Waals surface area contributed by atoms with Crippen LogP contribution in [0.3, 0.4) is 0 Å². The molecule has 0 saturated carbocycles. The third-order valence-corrected chi connectivity index (χ3v) is 5.19. The van der Waals surface area contributed by atoms with E-state index >= 15 is 0 Å². The maximum atomic E-state index is 12.4. The molecule has 1 N–H and O–H groups in total. The lowest BCUT2D eigenvalue weighted by Crippen LogP contribution is -1.98. The van der Waals surface area contributed by atoms with Gasteiger partial charge < -0.3 is 5.11 Å². The summed E-state index contributed by atoms with van der Waals surface area (Å²) in [4.78, 5) is 10.9. The lowest BCUT2D eigenvalue weighted by Gasteiger charge is -2.07. The maximum Gasteiger partial charge on any atom is 0.328 e. The Morgan fingerprint density at radius 1 is 1.09 bits per heavy atom. The van der Waals surface area contributed by atoms with Gasteiger partial charge in [0.15, 0.2) is 0 Å². The van der Waals surface area contributed by atoms with Gasteiger partial charge in [0.05, 0.1) is 31.5 Å². The minimum absolute atomic E-state index is 0.284. The summed E-state index contributed by atoms with van der Waals surface area (Å²) in [5, 5.41) is 9.34. The lowest BCUT2D eigenvalue weighted by atomic mass is 10.1. The van der Waals surface area contributed by atoms with Crippen molar-refractivity contribution in [1.29, 1.82) is 0 Å². The van der Waals surface area contributed by atoms with Crippen LogP contribution < -0.4 is 0 Å². The molecule has 0 saturated heterocycles. The molecule has 1 atom stereocenters. The number of carboxylic acids is 1. The van der Waals surface area contributed by atoms with Crippen LogP contribution in [0.4, 0.5) is 0 Å². The molecule has 0 aliphatic carbocycles. The second kappa shape index (κ2) is 7.58. The number of carbonyl (C=O) groups is 1. The summed E-state index contributed by atoms with van der Waals surface area (Å²) in [6, 6.07) is 12.1. The summed E-state index contributed by atoms with van der Waals surface area (Å²) < 4.78 is 12.4. The van der Waals surface area contributed by atoms with Gasteiger partial charge in [0.25, 0.3) is 0 Å². The van der Waals surface area contributed by atoms with Crippen molar-refractivity contribution in [2.45, 2.75) is 10.6 Å². The molecule has 22 heavy (non-hydrogen) atoms. The minimum Gasteiger partial charge on any atom is -0.478 e. The van der Waals surface area contributed by atoms with Crippen molar-refractivity contribution in [2.24, 2.45) is 0 Å². The van der Waals surface area contributed by atoms with Crippen LogP contribution in [0.15, 0.2) is 53.4 Å². The average molecular weight is 355 g/mol. The van der Waals surface area contributed by atoms with E-state index in [-0.39, 0.29) is 5.75 Å². The van der Waals surface area contributed by atoms with Crippen LogP contribution in [0.5, 0.6) is 0 Å². The van der Waals surface area contributed by atoms with Gasteiger partial charge in [0.2, 0.25) is 0 Å². The Balaban J connectivity index is 2.14. The molecule has 2 aromatic rings. The van der Waals surface area contributed by atoms with E-state index in [2.05, 4.69) is 0 Å². The van der Waals surface area contributed by atoms with Crippen LogP contribution in [-0.4, -0.2) is 15.3 Å². The Bertz CT molecular complexity index is 719. The predicted octanol–water partition coefficient (Wildman–Crippen LogP) is 4.40. The molecule has 2 rings (SSSR count). The van der Waals surface area contributed by atoms with Crippen LogP contribution in [-0.2, 0) is 21.3 Å². The van der Waals surface area contributed by atoms with Crippen molar-refractivity contribution in [1.82, 2.24) is 0 Å². The molecule has 0 fully saturated rings. The van der Waals surface area contributed by atoms with Gasteiger partial charge in [-0.3, -0.25) is 4.21 Å². The first-order chi connectivity index (χ1) is 10.5. The first-order valence-electron chi connectivity index (χ1n) is 6.29. The molecule has 2 aromatic carbocycles. The summed E-state index contributed by atoms with van der Waals surface area (Å²) in [7, 11) is -1.35. The molecular weight excluding hydrogens is 343 g/mol. The Labute approximate surface area is 140 Å². The minimum atomic E-state index is -1.35. The van der Waals surface area contributed by atoms with E-state index in [4.69, 9.17) is 28.3 Å². The highest BCUT2D eigenvalue weighted by atomic mass is 35.5. The van der Waals surface area contributed by atoms with E-state index in [9.17, 15) is 9.00 Å². The van der Waals surface area contributed by atoms with E-state index in [1.54, 1.807) is 42.5 Å². The SMILES string of the molecule is O=C(O)/C=C/c1ccc(CS(=O)c2c(Cl)cccc2Cl)cc1. The zero-order chi connectivity index (χ0) is 16.1. The molecule has 0 aliphatic heterocycles.